The van der Waals surface area contributed by atoms with Crippen LogP contribution in [0.5, 0.6) is 0 Å². The zero-order valence-corrected chi connectivity index (χ0v) is 18.4. The van der Waals surface area contributed by atoms with Crippen LogP contribution in [0, 0.1) is 0 Å². The predicted octanol–water partition coefficient (Wildman–Crippen LogP) is 5.53. The van der Waals surface area contributed by atoms with Crippen LogP contribution in [0.3, 0.4) is 0 Å². The molecule has 1 N–H and O–H groups in total. The Morgan fingerprint density at radius 2 is 0.838 bits per heavy atom. The first-order valence-corrected chi connectivity index (χ1v) is 7.70. The second-order valence-electron chi connectivity index (χ2n) is 6.62. The number of ether oxygens (including phenoxy) is 2. The van der Waals surface area contributed by atoms with Crippen LogP contribution in [-0.4, -0.2) is 107 Å². The molecule has 1 rings (SSSR count). The molecule has 1 aliphatic rings. The van der Waals surface area contributed by atoms with E-state index in [0.717, 1.165) is 0 Å². The molecule has 2 unspecified atom stereocenters. The Kier molecular flexibility index (Phi) is 9.08. The summed E-state index contributed by atoms with van der Waals surface area (Å²) in [6, 6.07) is 0. The summed E-state index contributed by atoms with van der Waals surface area (Å²) in [7, 11) is 0. The van der Waals surface area contributed by atoms with Crippen LogP contribution in [0.4, 0.5) is 92.2 Å². The molecule has 25 heteroatoms. The van der Waals surface area contributed by atoms with Crippen molar-refractivity contribution >= 4 is 29.6 Å². The van der Waals surface area contributed by atoms with E-state index in [1.54, 1.807) is 9.47 Å². The minimum Gasteiger partial charge on any atom is -0.332 e. The third-order valence-corrected chi connectivity index (χ3v) is 4.32. The Labute approximate surface area is 209 Å². The fourth-order valence-corrected chi connectivity index (χ4v) is 2.31. The van der Waals surface area contributed by atoms with E-state index in [9.17, 15) is 92.2 Å². The van der Waals surface area contributed by atoms with Crippen molar-refractivity contribution in [3.05, 3.63) is 0 Å². The van der Waals surface area contributed by atoms with Gasteiger partial charge in [0.2, 0.25) is 0 Å². The molecule has 1 saturated heterocycles. The van der Waals surface area contributed by atoms with Crippen LogP contribution < -0.4 is 0 Å². The topological polar surface area (TPSA) is 38.7 Å². The summed E-state index contributed by atoms with van der Waals surface area (Å²) in [4.78, 5) is 0. The van der Waals surface area contributed by atoms with Gasteiger partial charge in [0.15, 0.2) is 0 Å². The molecule has 37 heavy (non-hydrogen) atoms. The van der Waals surface area contributed by atoms with Gasteiger partial charge in [-0.25, -0.2) is 17.6 Å². The Morgan fingerprint density at radius 3 is 1.11 bits per heavy atom. The minimum atomic E-state index is -8.53. The molecular formula is C12H3F21NaO3. The van der Waals surface area contributed by atoms with Crippen molar-refractivity contribution in [1.29, 1.82) is 0 Å². The predicted molar refractivity (Wildman–Crippen MR) is 68.3 cm³/mol. The fourth-order valence-electron chi connectivity index (χ4n) is 2.31. The first-order valence-electron chi connectivity index (χ1n) is 7.70. The van der Waals surface area contributed by atoms with Crippen LogP contribution in [-0.2, 0) is 9.47 Å². The second kappa shape index (κ2) is 9.23. The third-order valence-electron chi connectivity index (χ3n) is 4.32. The molecule has 0 aromatic rings. The average Bonchev–Trinajstić information content (AvgIpc) is 2.89. The summed E-state index contributed by atoms with van der Waals surface area (Å²) in [6.07, 6.45) is -27.7. The van der Waals surface area contributed by atoms with E-state index in [4.69, 9.17) is 5.11 Å². The van der Waals surface area contributed by atoms with Gasteiger partial charge >= 0.3 is 72.2 Å². The number of hydrogen-bond acceptors (Lipinski definition) is 3. The quantitative estimate of drug-likeness (QED) is 0.273. The molecule has 1 aliphatic heterocycles. The van der Waals surface area contributed by atoms with E-state index >= 15 is 0 Å². The zero-order chi connectivity index (χ0) is 29.6. The Hall–Kier alpha value is -0.590. The van der Waals surface area contributed by atoms with Crippen molar-refractivity contribution in [3.8, 4) is 0 Å². The van der Waals surface area contributed by atoms with Crippen molar-refractivity contribution < 1.29 is 107 Å². The van der Waals surface area contributed by atoms with Crippen LogP contribution in [0.25, 0.3) is 0 Å². The second-order valence-corrected chi connectivity index (χ2v) is 6.62. The van der Waals surface area contributed by atoms with Gasteiger partial charge in [-0.05, 0) is 0 Å². The molecule has 3 nitrogen and oxygen atoms in total. The summed E-state index contributed by atoms with van der Waals surface area (Å²) >= 11 is 0. The number of alkyl halides is 21. The smallest absolute Gasteiger partial charge is 0.332 e. The van der Waals surface area contributed by atoms with Gasteiger partial charge in [-0.2, -0.15) is 74.6 Å². The van der Waals surface area contributed by atoms with Gasteiger partial charge in [-0.3, -0.25) is 9.47 Å². The third kappa shape index (κ3) is 4.34. The first kappa shape index (κ1) is 36.4. The van der Waals surface area contributed by atoms with Crippen molar-refractivity contribution in [2.45, 2.75) is 72.2 Å². The largest absolute Gasteiger partial charge is 0.424 e. The van der Waals surface area contributed by atoms with Crippen LogP contribution in [0.2, 0.25) is 0 Å². The van der Waals surface area contributed by atoms with E-state index < -0.39 is 72.2 Å². The first-order chi connectivity index (χ1) is 15.3. The van der Waals surface area contributed by atoms with E-state index in [2.05, 4.69) is 0 Å². The molecule has 0 aromatic carbocycles. The molecular weight excluding hydrogens is 614 g/mol. The fraction of sp³-hybridized carbons (Fsp3) is 1.00. The van der Waals surface area contributed by atoms with Crippen LogP contribution in [0.15, 0.2) is 0 Å². The van der Waals surface area contributed by atoms with E-state index in [1.807, 2.05) is 0 Å². The van der Waals surface area contributed by atoms with Crippen molar-refractivity contribution in [2.75, 3.05) is 0 Å². The maximum absolute atomic E-state index is 14.3. The van der Waals surface area contributed by atoms with Gasteiger partial charge in [0.1, 0.15) is 0 Å². The number of halogens is 21. The van der Waals surface area contributed by atoms with E-state index in [1.165, 1.54) is 0 Å². The van der Waals surface area contributed by atoms with Crippen molar-refractivity contribution in [2.24, 2.45) is 0 Å². The molecule has 217 valence electrons. The molecule has 1 fully saturated rings. The molecule has 2 atom stereocenters. The van der Waals surface area contributed by atoms with Crippen molar-refractivity contribution in [1.82, 2.24) is 0 Å². The monoisotopic (exact) mass is 617 g/mol. The van der Waals surface area contributed by atoms with E-state index in [-0.39, 0.29) is 29.6 Å². The van der Waals surface area contributed by atoms with Crippen molar-refractivity contribution in [3.63, 3.8) is 0 Å². The Balaban J connectivity index is 0.0000130. The molecule has 1 heterocycles. The molecule has 0 saturated carbocycles. The van der Waals surface area contributed by atoms with Crippen LogP contribution in [0.1, 0.15) is 0 Å². The summed E-state index contributed by atoms with van der Waals surface area (Å²) in [5.41, 5.74) is 0. The van der Waals surface area contributed by atoms with Gasteiger partial charge in [0.25, 0.3) is 0 Å². The minimum absolute atomic E-state index is 0. The maximum Gasteiger partial charge on any atom is 0.424 e. The Morgan fingerprint density at radius 1 is 0.541 bits per heavy atom. The molecule has 0 aliphatic carbocycles. The molecule has 0 bridgehead atoms. The Bertz CT molecular complexity index is 839. The molecule has 0 spiro atoms. The van der Waals surface area contributed by atoms with Gasteiger partial charge in [-0.15, -0.1) is 0 Å². The van der Waals surface area contributed by atoms with Crippen LogP contribution >= 0.6 is 0 Å². The normalized spacial score (nSPS) is 26.6. The van der Waals surface area contributed by atoms with Gasteiger partial charge in [0, 0.05) is 29.6 Å². The summed E-state index contributed by atoms with van der Waals surface area (Å²) in [5.74, 6) is -65.1. The summed E-state index contributed by atoms with van der Waals surface area (Å²) < 4.78 is 281. The number of hydrogen-bond donors (Lipinski definition) is 1. The van der Waals surface area contributed by atoms with Gasteiger partial charge < -0.3 is 5.11 Å². The average molecular weight is 617 g/mol. The number of aliphatic hydroxyl groups is 1. The molecule has 1 radical (unpaired) electrons. The number of rotatable bonds is 9. The molecule has 0 amide bonds. The SMILES string of the molecule is OC(F)(F)C1(C(F)(F)C(F)(F)C(F)(F)C(F)F)OC(F)(F)C(F)(C(F)(F)C(F)(F)C(F)(F)C(F)F)O1.[Na]. The summed E-state index contributed by atoms with van der Waals surface area (Å²) in [5, 5.41) is 8.22. The molecule has 0 aromatic heterocycles. The van der Waals surface area contributed by atoms with Gasteiger partial charge in [-0.1, -0.05) is 0 Å². The van der Waals surface area contributed by atoms with E-state index in [0.29, 0.717) is 0 Å². The standard InChI is InChI=1S/C12H3F21O3.Na/c13-1(14)3(17,18)5(21,22)7(25,26)9(29)12(32,33)36-10(35-9,11(30,31)34)8(27,28)6(23,24)4(19,20)2(15)16;/h1-2,34H;. The maximum atomic E-state index is 14.3. The summed E-state index contributed by atoms with van der Waals surface area (Å²) in [6.45, 7) is 0. The zero-order valence-electron chi connectivity index (χ0n) is 16.4. The van der Waals surface area contributed by atoms with Gasteiger partial charge in [0.05, 0.1) is 0 Å².